The van der Waals surface area contributed by atoms with E-state index in [4.69, 9.17) is 14.8 Å². The Morgan fingerprint density at radius 3 is 2.21 bits per heavy atom. The first-order valence-electron chi connectivity index (χ1n) is 16.1. The second-order valence-corrected chi connectivity index (χ2v) is 12.9. The molecule has 0 radical (unpaired) electrons. The average molecular weight is 813 g/mol. The molecule has 0 unspecified atom stereocenters. The molecule has 3 heterocycles. The van der Waals surface area contributed by atoms with Crippen molar-refractivity contribution in [2.24, 2.45) is 0 Å². The van der Waals surface area contributed by atoms with Crippen LogP contribution in [-0.4, -0.2) is 33.4 Å². The summed E-state index contributed by atoms with van der Waals surface area (Å²) in [6, 6.07) is 34.1. The van der Waals surface area contributed by atoms with Crippen molar-refractivity contribution in [3.8, 4) is 34.1 Å². The first-order valence-corrected chi connectivity index (χ1v) is 16.1. The maximum Gasteiger partial charge on any atom is 2.00 e. The molecule has 0 amide bonds. The number of hydrogen-bond donors (Lipinski definition) is 0. The molecule has 0 spiro atoms. The number of hydrogen-bond acceptors (Lipinski definition) is 4. The van der Waals surface area contributed by atoms with E-state index in [1.807, 2.05) is 41.2 Å². The Kier molecular flexibility index (Phi) is 9.06. The molecule has 0 aliphatic rings. The van der Waals surface area contributed by atoms with Crippen LogP contribution in [0.15, 0.2) is 85.1 Å². The van der Waals surface area contributed by atoms with Crippen LogP contribution < -0.4 is 9.64 Å². The maximum absolute atomic E-state index is 6.46. The van der Waals surface area contributed by atoms with Crippen LogP contribution in [0.25, 0.3) is 44.4 Å². The molecule has 244 valence electrons. The molecular weight excluding hydrogens is 774 g/mol. The largest absolute Gasteiger partial charge is 2.00 e. The molecule has 0 N–H and O–H groups in total. The number of ether oxygens (including phenoxy) is 1. The van der Waals surface area contributed by atoms with Gasteiger partial charge in [-0.3, -0.25) is 4.68 Å². The van der Waals surface area contributed by atoms with E-state index in [0.29, 0.717) is 11.5 Å². The van der Waals surface area contributed by atoms with Crippen molar-refractivity contribution in [1.82, 2.24) is 19.3 Å². The molecule has 0 bridgehead atoms. The molecule has 0 aliphatic carbocycles. The van der Waals surface area contributed by atoms with E-state index in [1.165, 1.54) is 27.9 Å². The van der Waals surface area contributed by atoms with E-state index in [1.54, 1.807) is 0 Å². The van der Waals surface area contributed by atoms with Crippen LogP contribution in [-0.2, 0) is 21.1 Å². The summed E-state index contributed by atoms with van der Waals surface area (Å²) in [5.74, 6) is 2.29. The van der Waals surface area contributed by atoms with Crippen molar-refractivity contribution < 1.29 is 25.8 Å². The van der Waals surface area contributed by atoms with Gasteiger partial charge in [0.2, 0.25) is 0 Å². The maximum atomic E-state index is 6.46. The monoisotopic (exact) mass is 812 g/mol. The van der Waals surface area contributed by atoms with Crippen molar-refractivity contribution in [3.63, 3.8) is 0 Å². The van der Waals surface area contributed by atoms with Gasteiger partial charge >= 0.3 is 21.1 Å². The molecule has 0 aliphatic heterocycles. The Morgan fingerprint density at radius 2 is 1.50 bits per heavy atom. The van der Waals surface area contributed by atoms with E-state index in [0.717, 1.165) is 50.3 Å². The number of nitrogens with zero attached hydrogens (tertiary/aromatic N) is 5. The summed E-state index contributed by atoms with van der Waals surface area (Å²) in [7, 11) is 4.16. The third kappa shape index (κ3) is 5.83. The number of aromatic nitrogens is 4. The number of aryl methyl sites for hydroxylation is 4. The summed E-state index contributed by atoms with van der Waals surface area (Å²) in [4.78, 5) is 6.85. The molecule has 7 rings (SSSR count). The van der Waals surface area contributed by atoms with Gasteiger partial charge in [-0.05, 0) is 97.3 Å². The fourth-order valence-corrected chi connectivity index (χ4v) is 6.72. The molecule has 7 aromatic rings. The molecule has 3 aromatic heterocycles. The van der Waals surface area contributed by atoms with E-state index < -0.39 is 0 Å². The van der Waals surface area contributed by atoms with Gasteiger partial charge in [-0.1, -0.05) is 37.6 Å². The second kappa shape index (κ2) is 13.1. The van der Waals surface area contributed by atoms with Gasteiger partial charge in [-0.15, -0.1) is 35.7 Å². The minimum Gasteiger partial charge on any atom is -0.509 e. The fourth-order valence-electron chi connectivity index (χ4n) is 6.72. The van der Waals surface area contributed by atoms with E-state index in [-0.39, 0.29) is 27.0 Å². The first-order chi connectivity index (χ1) is 22.6. The summed E-state index contributed by atoms with van der Waals surface area (Å²) in [6.07, 6.45) is 1.85. The van der Waals surface area contributed by atoms with Gasteiger partial charge in [0.25, 0.3) is 0 Å². The van der Waals surface area contributed by atoms with Crippen molar-refractivity contribution in [3.05, 3.63) is 125 Å². The summed E-state index contributed by atoms with van der Waals surface area (Å²) in [5.41, 5.74) is 12.2. The zero-order valence-electron chi connectivity index (χ0n) is 28.6. The molecular formula is C41H39N5OPt. The number of anilines is 1. The van der Waals surface area contributed by atoms with Gasteiger partial charge in [-0.2, -0.15) is 17.2 Å². The van der Waals surface area contributed by atoms with Gasteiger partial charge in [0, 0.05) is 48.6 Å². The zero-order valence-corrected chi connectivity index (χ0v) is 30.9. The Balaban J connectivity index is 0.00000401. The average Bonchev–Trinajstić information content (AvgIpc) is 3.55. The molecule has 0 atom stereocenters. The Hall–Kier alpha value is -4.67. The third-order valence-corrected chi connectivity index (χ3v) is 8.81. The van der Waals surface area contributed by atoms with Gasteiger partial charge in [0.05, 0.1) is 11.4 Å². The zero-order chi connectivity index (χ0) is 33.0. The molecule has 0 fully saturated rings. The van der Waals surface area contributed by atoms with E-state index in [9.17, 15) is 0 Å². The molecule has 0 saturated heterocycles. The molecule has 48 heavy (non-hydrogen) atoms. The van der Waals surface area contributed by atoms with Crippen LogP contribution in [0.4, 0.5) is 5.69 Å². The van der Waals surface area contributed by atoms with Crippen molar-refractivity contribution >= 4 is 27.5 Å². The summed E-state index contributed by atoms with van der Waals surface area (Å²) < 4.78 is 10.7. The minimum absolute atomic E-state index is 0. The normalized spacial score (nSPS) is 11.4. The minimum atomic E-state index is 0. The van der Waals surface area contributed by atoms with Crippen LogP contribution in [0.1, 0.15) is 47.8 Å². The summed E-state index contributed by atoms with van der Waals surface area (Å²) in [6.45, 7) is 13.0. The van der Waals surface area contributed by atoms with Gasteiger partial charge in [0.1, 0.15) is 5.82 Å². The van der Waals surface area contributed by atoms with E-state index in [2.05, 4.69) is 126 Å². The SMILES string of the molecule is Cc1ccnc(-n2c3[c-]c(Oc4[c-]c(-n5nc(C)c(-c6c(C)cc(N(C)C)cc6C)c5C(C)C)ccc4)ccc3c3ccccc32)c1.[Pt+2]. The Morgan fingerprint density at radius 1 is 0.771 bits per heavy atom. The third-order valence-electron chi connectivity index (χ3n) is 8.81. The van der Waals surface area contributed by atoms with Gasteiger partial charge in [-0.25, -0.2) is 4.98 Å². The first kappa shape index (κ1) is 33.2. The van der Waals surface area contributed by atoms with Gasteiger partial charge in [0.15, 0.2) is 0 Å². The van der Waals surface area contributed by atoms with Crippen LogP contribution in [0.3, 0.4) is 0 Å². The molecule has 4 aromatic carbocycles. The number of benzene rings is 4. The van der Waals surface area contributed by atoms with E-state index >= 15 is 0 Å². The predicted molar refractivity (Wildman–Crippen MR) is 193 cm³/mol. The Bertz CT molecular complexity index is 2270. The van der Waals surface area contributed by atoms with Crippen LogP contribution >= 0.6 is 0 Å². The smallest absolute Gasteiger partial charge is 0.509 e. The quantitative estimate of drug-likeness (QED) is 0.151. The van der Waals surface area contributed by atoms with Crippen LogP contribution in [0.2, 0.25) is 0 Å². The van der Waals surface area contributed by atoms with Crippen LogP contribution in [0, 0.1) is 39.8 Å². The van der Waals surface area contributed by atoms with Crippen molar-refractivity contribution in [2.45, 2.75) is 47.5 Å². The standard InChI is InChI=1S/C41H39N5O.Pt/c1-25(2)41-40(39-27(4)21-31(44(7)8)22-28(39)5)29(6)43-46(41)30-12-11-13-32(23-30)47-33-16-17-35-34-14-9-10-15-36(34)45(37(35)24-33)38-20-26(3)18-19-42-38;/h9-22,25H,1-8H3;/q-2;+2. The molecule has 7 heteroatoms. The second-order valence-electron chi connectivity index (χ2n) is 12.9. The van der Waals surface area contributed by atoms with Crippen molar-refractivity contribution in [2.75, 3.05) is 19.0 Å². The Labute approximate surface area is 297 Å². The number of para-hydroxylation sites is 1. The summed E-state index contributed by atoms with van der Waals surface area (Å²) >= 11 is 0. The van der Waals surface area contributed by atoms with Gasteiger partial charge < -0.3 is 14.2 Å². The van der Waals surface area contributed by atoms with Crippen molar-refractivity contribution in [1.29, 1.82) is 0 Å². The fraction of sp³-hybridized carbons (Fsp3) is 0.220. The number of fused-ring (bicyclic) bond motifs is 3. The number of pyridine rings is 1. The molecule has 0 saturated carbocycles. The summed E-state index contributed by atoms with van der Waals surface area (Å²) in [5, 5.41) is 7.33. The topological polar surface area (TPSA) is 48.1 Å². The number of rotatable bonds is 7. The molecule has 6 nitrogen and oxygen atoms in total. The van der Waals surface area contributed by atoms with Crippen LogP contribution in [0.5, 0.6) is 11.5 Å². The predicted octanol–water partition coefficient (Wildman–Crippen LogP) is 9.84.